The first-order chi connectivity index (χ1) is 10.1. The molecule has 2 heterocycles. The van der Waals surface area contributed by atoms with E-state index in [0.717, 1.165) is 32.6 Å². The van der Waals surface area contributed by atoms with Gasteiger partial charge >= 0.3 is 6.18 Å². The van der Waals surface area contributed by atoms with Crippen molar-refractivity contribution in [3.05, 3.63) is 5.82 Å². The van der Waals surface area contributed by atoms with Crippen LogP contribution in [0.5, 0.6) is 0 Å². The second kappa shape index (κ2) is 5.82. The van der Waals surface area contributed by atoms with Gasteiger partial charge in [-0.25, -0.2) is 0 Å². The van der Waals surface area contributed by atoms with Gasteiger partial charge in [0.05, 0.1) is 5.92 Å². The van der Waals surface area contributed by atoms with E-state index in [1.54, 1.807) is 0 Å². The third kappa shape index (κ3) is 3.14. The Morgan fingerprint density at radius 3 is 2.52 bits per heavy atom. The highest BCUT2D eigenvalue weighted by molar-refractivity contribution is 5.30. The normalized spacial score (nSPS) is 27.9. The molecule has 5 nitrogen and oxygen atoms in total. The molecule has 3 rings (SSSR count). The molecule has 1 aliphatic heterocycles. The van der Waals surface area contributed by atoms with Crippen LogP contribution >= 0.6 is 0 Å². The van der Waals surface area contributed by atoms with Crippen molar-refractivity contribution in [1.82, 2.24) is 20.5 Å². The molecular formula is C13H20F3N5. The molecule has 1 aromatic rings. The predicted molar refractivity (Wildman–Crippen MR) is 72.2 cm³/mol. The number of hydrogen-bond acceptors (Lipinski definition) is 4. The Morgan fingerprint density at radius 1 is 1.10 bits per heavy atom. The molecule has 0 aromatic carbocycles. The first kappa shape index (κ1) is 14.6. The van der Waals surface area contributed by atoms with Crippen molar-refractivity contribution in [3.8, 4) is 0 Å². The molecule has 2 N–H and O–H groups in total. The molecule has 1 saturated carbocycles. The van der Waals surface area contributed by atoms with E-state index in [2.05, 4.69) is 20.5 Å². The maximum Gasteiger partial charge on any atom is 0.392 e. The predicted octanol–water partition coefficient (Wildman–Crippen LogP) is 2.05. The van der Waals surface area contributed by atoms with E-state index in [9.17, 15) is 13.2 Å². The molecule has 2 unspecified atom stereocenters. The molecule has 118 valence electrons. The summed E-state index contributed by atoms with van der Waals surface area (Å²) in [6.45, 7) is 3.26. The standard InChI is InChI=1S/C13H20F3N5/c14-13(15,16)10-4-2-1-3-9(10)11-18-12(20-19-11)21-7-5-17-6-8-21/h9-10,17H,1-8H2,(H,18,19,20). The average molecular weight is 303 g/mol. The monoisotopic (exact) mass is 303 g/mol. The lowest BCUT2D eigenvalue weighted by atomic mass is 9.78. The number of alkyl halides is 3. The fourth-order valence-corrected chi connectivity index (χ4v) is 3.29. The summed E-state index contributed by atoms with van der Waals surface area (Å²) in [5, 5.41) is 10.1. The summed E-state index contributed by atoms with van der Waals surface area (Å²) in [7, 11) is 0. The number of piperazine rings is 1. The fourth-order valence-electron chi connectivity index (χ4n) is 3.29. The quantitative estimate of drug-likeness (QED) is 0.878. The van der Waals surface area contributed by atoms with Gasteiger partial charge in [0.25, 0.3) is 0 Å². The second-order valence-corrected chi connectivity index (χ2v) is 5.80. The van der Waals surface area contributed by atoms with Gasteiger partial charge in [-0.3, -0.25) is 5.10 Å². The smallest absolute Gasteiger partial charge is 0.337 e. The van der Waals surface area contributed by atoms with Crippen LogP contribution in [-0.2, 0) is 0 Å². The zero-order valence-electron chi connectivity index (χ0n) is 11.8. The van der Waals surface area contributed by atoms with Crippen molar-refractivity contribution in [2.45, 2.75) is 37.8 Å². The van der Waals surface area contributed by atoms with Crippen LogP contribution in [0.25, 0.3) is 0 Å². The SMILES string of the molecule is FC(F)(F)C1CCCCC1c1nc(N2CCNCC2)n[nH]1. The zero-order chi connectivity index (χ0) is 14.9. The molecule has 2 aliphatic rings. The zero-order valence-corrected chi connectivity index (χ0v) is 11.8. The van der Waals surface area contributed by atoms with Crippen LogP contribution in [0.15, 0.2) is 0 Å². The van der Waals surface area contributed by atoms with Crippen molar-refractivity contribution in [1.29, 1.82) is 0 Å². The lowest BCUT2D eigenvalue weighted by Gasteiger charge is -2.31. The Morgan fingerprint density at radius 2 is 1.81 bits per heavy atom. The lowest BCUT2D eigenvalue weighted by molar-refractivity contribution is -0.187. The number of hydrogen-bond donors (Lipinski definition) is 2. The molecule has 0 bridgehead atoms. The number of nitrogens with zero attached hydrogens (tertiary/aromatic N) is 3. The Bertz CT molecular complexity index is 467. The minimum absolute atomic E-state index is 0.192. The van der Waals surface area contributed by atoms with E-state index in [-0.39, 0.29) is 6.42 Å². The molecule has 1 aliphatic carbocycles. The molecule has 0 radical (unpaired) electrons. The summed E-state index contributed by atoms with van der Waals surface area (Å²) in [6.07, 6.45) is -1.98. The minimum Gasteiger partial charge on any atom is -0.337 e. The molecule has 2 atom stereocenters. The summed E-state index contributed by atoms with van der Waals surface area (Å²) in [6, 6.07) is 0. The molecule has 21 heavy (non-hydrogen) atoms. The lowest BCUT2D eigenvalue weighted by Crippen LogP contribution is -2.44. The average Bonchev–Trinajstić information content (AvgIpc) is 2.97. The van der Waals surface area contributed by atoms with Gasteiger partial charge in [0.15, 0.2) is 0 Å². The van der Waals surface area contributed by atoms with Gasteiger partial charge in [-0.2, -0.15) is 18.2 Å². The largest absolute Gasteiger partial charge is 0.392 e. The summed E-state index contributed by atoms with van der Waals surface area (Å²) < 4.78 is 39.5. The Labute approximate surface area is 121 Å². The van der Waals surface area contributed by atoms with Crippen molar-refractivity contribution in [3.63, 3.8) is 0 Å². The minimum atomic E-state index is -4.16. The Kier molecular flexibility index (Phi) is 4.05. The van der Waals surface area contributed by atoms with Crippen molar-refractivity contribution >= 4 is 5.95 Å². The molecule has 1 saturated heterocycles. The van der Waals surface area contributed by atoms with Gasteiger partial charge in [-0.05, 0) is 12.8 Å². The van der Waals surface area contributed by atoms with Gasteiger partial charge < -0.3 is 10.2 Å². The highest BCUT2D eigenvalue weighted by atomic mass is 19.4. The highest BCUT2D eigenvalue weighted by Crippen LogP contribution is 2.45. The molecule has 8 heteroatoms. The number of H-pyrrole nitrogens is 1. The summed E-state index contributed by atoms with van der Waals surface area (Å²) >= 11 is 0. The number of halogens is 3. The van der Waals surface area contributed by atoms with Gasteiger partial charge in [0.2, 0.25) is 5.95 Å². The van der Waals surface area contributed by atoms with Crippen LogP contribution < -0.4 is 10.2 Å². The first-order valence-corrected chi connectivity index (χ1v) is 7.50. The number of anilines is 1. The summed E-state index contributed by atoms with van der Waals surface area (Å²) in [5.74, 6) is -0.957. The van der Waals surface area contributed by atoms with Gasteiger partial charge in [0, 0.05) is 32.1 Å². The molecule has 1 aromatic heterocycles. The van der Waals surface area contributed by atoms with Crippen LogP contribution in [0, 0.1) is 5.92 Å². The van der Waals surface area contributed by atoms with Crippen LogP contribution in [-0.4, -0.2) is 47.5 Å². The van der Waals surface area contributed by atoms with Gasteiger partial charge in [0.1, 0.15) is 5.82 Å². The van der Waals surface area contributed by atoms with E-state index < -0.39 is 18.0 Å². The van der Waals surface area contributed by atoms with Crippen LogP contribution in [0.2, 0.25) is 0 Å². The van der Waals surface area contributed by atoms with Crippen LogP contribution in [0.4, 0.5) is 19.1 Å². The topological polar surface area (TPSA) is 56.8 Å². The maximum atomic E-state index is 13.2. The summed E-state index contributed by atoms with van der Waals surface area (Å²) in [4.78, 5) is 6.35. The van der Waals surface area contributed by atoms with Crippen molar-refractivity contribution in [2.24, 2.45) is 5.92 Å². The van der Waals surface area contributed by atoms with E-state index >= 15 is 0 Å². The number of rotatable bonds is 2. The third-order valence-electron chi connectivity index (χ3n) is 4.43. The van der Waals surface area contributed by atoms with Crippen molar-refractivity contribution < 1.29 is 13.2 Å². The molecular weight excluding hydrogens is 283 g/mol. The third-order valence-corrected chi connectivity index (χ3v) is 4.43. The van der Waals surface area contributed by atoms with Gasteiger partial charge in [-0.1, -0.05) is 12.8 Å². The van der Waals surface area contributed by atoms with E-state index in [1.807, 2.05) is 4.90 Å². The number of aromatic nitrogens is 3. The number of aromatic amines is 1. The fraction of sp³-hybridized carbons (Fsp3) is 0.846. The van der Waals surface area contributed by atoms with E-state index in [4.69, 9.17) is 0 Å². The van der Waals surface area contributed by atoms with Crippen LogP contribution in [0.1, 0.15) is 37.4 Å². The Balaban J connectivity index is 1.77. The summed E-state index contributed by atoms with van der Waals surface area (Å²) in [5.41, 5.74) is 0. The van der Waals surface area contributed by atoms with Crippen LogP contribution in [0.3, 0.4) is 0 Å². The van der Waals surface area contributed by atoms with Gasteiger partial charge in [-0.15, -0.1) is 5.10 Å². The van der Waals surface area contributed by atoms with E-state index in [1.165, 1.54) is 0 Å². The molecule has 2 fully saturated rings. The Hall–Kier alpha value is -1.31. The van der Waals surface area contributed by atoms with E-state index in [0.29, 0.717) is 24.6 Å². The molecule has 0 spiro atoms. The number of nitrogens with one attached hydrogen (secondary N) is 2. The molecule has 0 amide bonds. The maximum absolute atomic E-state index is 13.2. The second-order valence-electron chi connectivity index (χ2n) is 5.80. The first-order valence-electron chi connectivity index (χ1n) is 7.50. The van der Waals surface area contributed by atoms with Crippen molar-refractivity contribution in [2.75, 3.05) is 31.1 Å². The highest BCUT2D eigenvalue weighted by Gasteiger charge is 2.47.